The third-order valence-electron chi connectivity index (χ3n) is 3.68. The molecule has 0 heterocycles. The van der Waals surface area contributed by atoms with Crippen molar-refractivity contribution in [3.63, 3.8) is 0 Å². The van der Waals surface area contributed by atoms with Gasteiger partial charge in [0.15, 0.2) is 0 Å². The lowest BCUT2D eigenvalue weighted by Crippen LogP contribution is -2.27. The Hall–Kier alpha value is -2.00. The first kappa shape index (κ1) is 16.4. The molecule has 0 bridgehead atoms. The van der Waals surface area contributed by atoms with Crippen molar-refractivity contribution in [3.05, 3.63) is 60.2 Å². The van der Waals surface area contributed by atoms with Gasteiger partial charge in [-0.25, -0.2) is 0 Å². The maximum Gasteiger partial charge on any atom is 0.120 e. The highest BCUT2D eigenvalue weighted by molar-refractivity contribution is 5.50. The van der Waals surface area contributed by atoms with Crippen LogP contribution in [0.3, 0.4) is 0 Å². The van der Waals surface area contributed by atoms with Gasteiger partial charge in [-0.1, -0.05) is 36.4 Å². The first-order chi connectivity index (χ1) is 10.8. The molecule has 0 N–H and O–H groups in total. The highest BCUT2D eigenvalue weighted by atomic mass is 16.5. The zero-order chi connectivity index (χ0) is 15.6. The Morgan fingerprint density at radius 2 is 1.77 bits per heavy atom. The lowest BCUT2D eigenvalue weighted by Gasteiger charge is -2.23. The molecule has 3 nitrogen and oxygen atoms in total. The average Bonchev–Trinajstić information content (AvgIpc) is 2.59. The fourth-order valence-corrected chi connectivity index (χ4v) is 2.39. The van der Waals surface area contributed by atoms with Gasteiger partial charge in [0.2, 0.25) is 0 Å². The van der Waals surface area contributed by atoms with Gasteiger partial charge >= 0.3 is 0 Å². The highest BCUT2D eigenvalue weighted by Crippen LogP contribution is 2.20. The number of hydrogen-bond acceptors (Lipinski definition) is 3. The molecule has 2 aromatic rings. The lowest BCUT2D eigenvalue weighted by atomic mass is 10.2. The SMILES string of the molecule is CCN(CCOCCc1ccccc1)c1cccc(OC)c1. The van der Waals surface area contributed by atoms with Crippen LogP contribution in [0.1, 0.15) is 12.5 Å². The van der Waals surface area contributed by atoms with Crippen molar-refractivity contribution >= 4 is 5.69 Å². The minimum absolute atomic E-state index is 0.734. The zero-order valence-electron chi connectivity index (χ0n) is 13.5. The molecule has 0 aliphatic carbocycles. The van der Waals surface area contributed by atoms with E-state index in [1.807, 2.05) is 18.2 Å². The smallest absolute Gasteiger partial charge is 0.120 e. The van der Waals surface area contributed by atoms with E-state index in [9.17, 15) is 0 Å². The van der Waals surface area contributed by atoms with Crippen molar-refractivity contribution in [3.8, 4) is 5.75 Å². The summed E-state index contributed by atoms with van der Waals surface area (Å²) in [7, 11) is 1.70. The summed E-state index contributed by atoms with van der Waals surface area (Å²) < 4.78 is 11.1. The lowest BCUT2D eigenvalue weighted by molar-refractivity contribution is 0.143. The van der Waals surface area contributed by atoms with E-state index < -0.39 is 0 Å². The second-order valence-electron chi connectivity index (χ2n) is 5.13. The Morgan fingerprint density at radius 1 is 0.955 bits per heavy atom. The Labute approximate surface area is 133 Å². The Bertz CT molecular complexity index is 542. The van der Waals surface area contributed by atoms with E-state index in [0.29, 0.717) is 0 Å². The van der Waals surface area contributed by atoms with Gasteiger partial charge in [0.1, 0.15) is 5.75 Å². The molecule has 22 heavy (non-hydrogen) atoms. The molecule has 0 saturated heterocycles. The van der Waals surface area contributed by atoms with Crippen LogP contribution in [0.2, 0.25) is 0 Å². The Morgan fingerprint density at radius 3 is 2.50 bits per heavy atom. The molecule has 0 atom stereocenters. The van der Waals surface area contributed by atoms with E-state index in [1.165, 1.54) is 11.3 Å². The largest absolute Gasteiger partial charge is 0.497 e. The third kappa shape index (κ3) is 5.08. The number of benzene rings is 2. The van der Waals surface area contributed by atoms with Crippen molar-refractivity contribution < 1.29 is 9.47 Å². The fraction of sp³-hybridized carbons (Fsp3) is 0.368. The summed E-state index contributed by atoms with van der Waals surface area (Å²) >= 11 is 0. The molecular formula is C19H25NO2. The molecule has 0 aliphatic heterocycles. The second kappa shape index (κ2) is 9.11. The van der Waals surface area contributed by atoms with E-state index in [4.69, 9.17) is 9.47 Å². The number of hydrogen-bond donors (Lipinski definition) is 0. The van der Waals surface area contributed by atoms with Gasteiger partial charge in [-0.15, -0.1) is 0 Å². The monoisotopic (exact) mass is 299 g/mol. The van der Waals surface area contributed by atoms with Crippen LogP contribution in [0.4, 0.5) is 5.69 Å². The summed E-state index contributed by atoms with van der Waals surface area (Å²) in [4.78, 5) is 2.30. The van der Waals surface area contributed by atoms with Crippen LogP contribution in [0, 0.1) is 0 Å². The molecule has 118 valence electrons. The van der Waals surface area contributed by atoms with Crippen molar-refractivity contribution in [2.24, 2.45) is 0 Å². The van der Waals surface area contributed by atoms with Crippen LogP contribution in [-0.4, -0.2) is 33.4 Å². The van der Waals surface area contributed by atoms with Gasteiger partial charge in [-0.3, -0.25) is 0 Å². The van der Waals surface area contributed by atoms with Crippen LogP contribution in [-0.2, 0) is 11.2 Å². The van der Waals surface area contributed by atoms with Gasteiger partial charge in [0, 0.05) is 24.8 Å². The summed E-state index contributed by atoms with van der Waals surface area (Å²) in [5, 5.41) is 0. The van der Waals surface area contributed by atoms with E-state index >= 15 is 0 Å². The van der Waals surface area contributed by atoms with Gasteiger partial charge in [0.05, 0.1) is 20.3 Å². The number of nitrogens with zero attached hydrogens (tertiary/aromatic N) is 1. The van der Waals surface area contributed by atoms with Crippen LogP contribution >= 0.6 is 0 Å². The van der Waals surface area contributed by atoms with E-state index in [-0.39, 0.29) is 0 Å². The quantitative estimate of drug-likeness (QED) is 0.658. The first-order valence-corrected chi connectivity index (χ1v) is 7.84. The molecule has 2 aromatic carbocycles. The summed E-state index contributed by atoms with van der Waals surface area (Å²) in [6, 6.07) is 18.6. The minimum atomic E-state index is 0.734. The average molecular weight is 299 g/mol. The number of methoxy groups -OCH3 is 1. The molecule has 0 fully saturated rings. The van der Waals surface area contributed by atoms with E-state index in [2.05, 4.69) is 48.2 Å². The van der Waals surface area contributed by atoms with Gasteiger partial charge in [-0.05, 0) is 31.0 Å². The van der Waals surface area contributed by atoms with Crippen LogP contribution in [0.5, 0.6) is 5.75 Å². The molecule has 0 aliphatic rings. The molecule has 2 rings (SSSR count). The predicted octanol–water partition coefficient (Wildman–Crippen LogP) is 3.78. The van der Waals surface area contributed by atoms with Gasteiger partial charge in [0.25, 0.3) is 0 Å². The topological polar surface area (TPSA) is 21.7 Å². The normalized spacial score (nSPS) is 10.5. The highest BCUT2D eigenvalue weighted by Gasteiger charge is 2.05. The molecule has 0 spiro atoms. The zero-order valence-corrected chi connectivity index (χ0v) is 13.5. The van der Waals surface area contributed by atoms with Crippen LogP contribution in [0.25, 0.3) is 0 Å². The van der Waals surface area contributed by atoms with Crippen molar-refractivity contribution in [1.29, 1.82) is 0 Å². The summed E-state index contributed by atoms with van der Waals surface area (Å²) in [6.45, 7) is 5.49. The molecule has 0 amide bonds. The second-order valence-corrected chi connectivity index (χ2v) is 5.13. The molecule has 0 aromatic heterocycles. The van der Waals surface area contributed by atoms with Crippen molar-refractivity contribution in [2.45, 2.75) is 13.3 Å². The molecule has 0 unspecified atom stereocenters. The fourth-order valence-electron chi connectivity index (χ4n) is 2.39. The first-order valence-electron chi connectivity index (χ1n) is 7.84. The Balaban J connectivity index is 1.74. The summed E-state index contributed by atoms with van der Waals surface area (Å²) in [6.07, 6.45) is 0.964. The van der Waals surface area contributed by atoms with Gasteiger partial charge in [-0.2, -0.15) is 0 Å². The maximum absolute atomic E-state index is 5.78. The molecule has 0 radical (unpaired) electrons. The van der Waals surface area contributed by atoms with Crippen LogP contribution < -0.4 is 9.64 Å². The minimum Gasteiger partial charge on any atom is -0.497 e. The van der Waals surface area contributed by atoms with Crippen LogP contribution in [0.15, 0.2) is 54.6 Å². The number of rotatable bonds is 9. The molecule has 3 heteroatoms. The van der Waals surface area contributed by atoms with Crippen molar-refractivity contribution in [1.82, 2.24) is 0 Å². The molecule has 0 saturated carbocycles. The van der Waals surface area contributed by atoms with E-state index in [1.54, 1.807) is 7.11 Å². The standard InChI is InChI=1S/C19H25NO2/c1-3-20(18-10-7-11-19(16-18)21-2)13-15-22-14-12-17-8-5-4-6-9-17/h4-11,16H,3,12-15H2,1-2H3. The summed E-state index contributed by atoms with van der Waals surface area (Å²) in [5.41, 5.74) is 2.50. The predicted molar refractivity (Wildman–Crippen MR) is 91.8 cm³/mol. The number of likely N-dealkylation sites (N-methyl/N-ethyl adjacent to an activating group) is 1. The number of anilines is 1. The Kier molecular flexibility index (Phi) is 6.78. The van der Waals surface area contributed by atoms with Crippen molar-refractivity contribution in [2.75, 3.05) is 38.3 Å². The summed E-state index contributed by atoms with van der Waals surface area (Å²) in [5.74, 6) is 0.890. The van der Waals surface area contributed by atoms with E-state index in [0.717, 1.165) is 38.5 Å². The molecular weight excluding hydrogens is 274 g/mol. The van der Waals surface area contributed by atoms with Gasteiger partial charge < -0.3 is 14.4 Å². The maximum atomic E-state index is 5.78. The third-order valence-corrected chi connectivity index (χ3v) is 3.68. The number of ether oxygens (including phenoxy) is 2.